The molecule has 1 saturated heterocycles. The lowest BCUT2D eigenvalue weighted by atomic mass is 10.0. The molecule has 0 spiro atoms. The molecule has 0 unspecified atom stereocenters. The van der Waals surface area contributed by atoms with Crippen molar-refractivity contribution >= 4 is 24.6 Å². The fourth-order valence-corrected chi connectivity index (χ4v) is 5.03. The number of nitrogens with two attached hydrogens (primary N) is 1. The summed E-state index contributed by atoms with van der Waals surface area (Å²) in [7, 11) is -3.48. The highest BCUT2D eigenvalue weighted by Crippen LogP contribution is 2.56. The van der Waals surface area contributed by atoms with Gasteiger partial charge >= 0.3 is 7.60 Å². The van der Waals surface area contributed by atoms with Gasteiger partial charge in [-0.3, -0.25) is 9.09 Å². The first-order chi connectivity index (χ1) is 14.3. The SMILES string of the molecule is Cc1cc(F)cc([C@@H]2CCO[P@@](=O)(CO[C@H](C)Cn3cnc4c(N)ncnc43)O2)c1. The van der Waals surface area contributed by atoms with Crippen molar-refractivity contribution in [2.45, 2.75) is 39.0 Å². The number of hydrogen-bond acceptors (Lipinski definition) is 8. The number of ether oxygens (including phenoxy) is 1. The van der Waals surface area contributed by atoms with Crippen molar-refractivity contribution in [2.75, 3.05) is 18.7 Å². The number of rotatable bonds is 6. The van der Waals surface area contributed by atoms with Gasteiger partial charge in [-0.15, -0.1) is 0 Å². The molecule has 0 saturated carbocycles. The minimum absolute atomic E-state index is 0.206. The molecule has 30 heavy (non-hydrogen) atoms. The van der Waals surface area contributed by atoms with Gasteiger partial charge in [0.15, 0.2) is 11.5 Å². The number of nitrogen functional groups attached to an aromatic ring is 1. The Morgan fingerprint density at radius 2 is 2.20 bits per heavy atom. The van der Waals surface area contributed by atoms with Crippen molar-refractivity contribution < 1.29 is 22.7 Å². The number of anilines is 1. The normalized spacial score (nSPS) is 23.0. The van der Waals surface area contributed by atoms with E-state index in [0.29, 0.717) is 35.5 Å². The van der Waals surface area contributed by atoms with E-state index in [0.717, 1.165) is 5.56 Å². The number of nitrogens with zero attached hydrogens (tertiary/aromatic N) is 4. The molecule has 2 aromatic heterocycles. The molecule has 1 aliphatic rings. The molecule has 0 bridgehead atoms. The minimum Gasteiger partial charge on any atom is -0.382 e. The summed E-state index contributed by atoms with van der Waals surface area (Å²) in [5.41, 5.74) is 8.33. The van der Waals surface area contributed by atoms with Crippen LogP contribution >= 0.6 is 7.60 Å². The van der Waals surface area contributed by atoms with Crippen LogP contribution in [0.4, 0.5) is 10.2 Å². The number of aromatic nitrogens is 4. The van der Waals surface area contributed by atoms with Crippen molar-refractivity contribution in [3.8, 4) is 0 Å². The van der Waals surface area contributed by atoms with Crippen LogP contribution in [0.25, 0.3) is 11.2 Å². The van der Waals surface area contributed by atoms with Crippen molar-refractivity contribution in [3.63, 3.8) is 0 Å². The van der Waals surface area contributed by atoms with Gasteiger partial charge in [0.1, 0.15) is 24.0 Å². The van der Waals surface area contributed by atoms with Gasteiger partial charge in [-0.1, -0.05) is 6.07 Å². The van der Waals surface area contributed by atoms with Crippen molar-refractivity contribution in [2.24, 2.45) is 0 Å². The molecule has 3 aromatic rings. The van der Waals surface area contributed by atoms with E-state index in [1.807, 2.05) is 13.0 Å². The van der Waals surface area contributed by atoms with Gasteiger partial charge in [-0.05, 0) is 37.1 Å². The Labute approximate surface area is 172 Å². The Kier molecular flexibility index (Phi) is 5.84. The van der Waals surface area contributed by atoms with Crippen molar-refractivity contribution in [1.29, 1.82) is 0 Å². The van der Waals surface area contributed by atoms with Crippen molar-refractivity contribution in [1.82, 2.24) is 19.5 Å². The predicted octanol–water partition coefficient (Wildman–Crippen LogP) is 3.59. The van der Waals surface area contributed by atoms with Crippen LogP contribution in [0.5, 0.6) is 0 Å². The largest absolute Gasteiger partial charge is 0.382 e. The summed E-state index contributed by atoms with van der Waals surface area (Å²) in [6, 6.07) is 4.66. The van der Waals surface area contributed by atoms with Gasteiger partial charge in [-0.25, -0.2) is 19.3 Å². The van der Waals surface area contributed by atoms with Gasteiger partial charge in [0.25, 0.3) is 0 Å². The molecule has 0 aliphatic carbocycles. The zero-order valence-electron chi connectivity index (χ0n) is 16.7. The molecule has 0 radical (unpaired) electrons. The molecule has 3 heterocycles. The average molecular weight is 435 g/mol. The van der Waals surface area contributed by atoms with Crippen LogP contribution < -0.4 is 5.73 Å². The Bertz CT molecular complexity index is 1090. The van der Waals surface area contributed by atoms with Crippen LogP contribution in [-0.4, -0.2) is 38.6 Å². The molecule has 1 aromatic carbocycles. The van der Waals surface area contributed by atoms with Crippen LogP contribution in [0.1, 0.15) is 30.6 Å². The molecule has 11 heteroatoms. The summed E-state index contributed by atoms with van der Waals surface area (Å²) in [6.45, 7) is 4.30. The molecule has 1 aliphatic heterocycles. The van der Waals surface area contributed by atoms with E-state index in [9.17, 15) is 8.96 Å². The number of hydrogen-bond donors (Lipinski definition) is 1. The van der Waals surface area contributed by atoms with E-state index < -0.39 is 13.7 Å². The maximum atomic E-state index is 13.7. The molecule has 3 atom stereocenters. The third kappa shape index (κ3) is 4.52. The van der Waals surface area contributed by atoms with Gasteiger partial charge in [0.05, 0.1) is 31.7 Å². The quantitative estimate of drug-likeness (QED) is 0.584. The van der Waals surface area contributed by atoms with E-state index in [2.05, 4.69) is 15.0 Å². The summed E-state index contributed by atoms with van der Waals surface area (Å²) < 4.78 is 45.5. The summed E-state index contributed by atoms with van der Waals surface area (Å²) in [4.78, 5) is 12.3. The highest BCUT2D eigenvalue weighted by atomic mass is 31.2. The van der Waals surface area contributed by atoms with E-state index in [4.69, 9.17) is 19.5 Å². The highest BCUT2D eigenvalue weighted by Gasteiger charge is 2.35. The zero-order chi connectivity index (χ0) is 21.3. The third-order valence-electron chi connectivity index (χ3n) is 4.79. The Morgan fingerprint density at radius 3 is 3.00 bits per heavy atom. The first-order valence-electron chi connectivity index (χ1n) is 9.55. The Morgan fingerprint density at radius 1 is 1.37 bits per heavy atom. The van der Waals surface area contributed by atoms with Gasteiger partial charge in [0, 0.05) is 6.42 Å². The second-order valence-electron chi connectivity index (χ2n) is 7.32. The monoisotopic (exact) mass is 435 g/mol. The third-order valence-corrected chi connectivity index (χ3v) is 6.41. The number of benzene rings is 1. The van der Waals surface area contributed by atoms with E-state index in [-0.39, 0.29) is 24.9 Å². The minimum atomic E-state index is -3.48. The number of imidazole rings is 1. The van der Waals surface area contributed by atoms with Crippen LogP contribution in [0.2, 0.25) is 0 Å². The predicted molar refractivity (Wildman–Crippen MR) is 108 cm³/mol. The first-order valence-corrected chi connectivity index (χ1v) is 11.3. The second kappa shape index (κ2) is 8.39. The van der Waals surface area contributed by atoms with Crippen LogP contribution in [-0.2, 0) is 24.9 Å². The maximum absolute atomic E-state index is 13.7. The standard InChI is InChI=1S/C19H23FN5O4P/c1-12-5-14(7-15(20)6-12)16-3-4-28-30(26,29-16)11-27-13(2)8-25-10-24-17-18(21)22-9-23-19(17)25/h5-7,9-10,13,16H,3-4,8,11H2,1-2H3,(H2,21,22,23)/t13-,16+,30+/m1/s1. The maximum Gasteiger partial charge on any atom is 0.356 e. The highest BCUT2D eigenvalue weighted by molar-refractivity contribution is 7.53. The van der Waals surface area contributed by atoms with E-state index in [1.54, 1.807) is 17.8 Å². The second-order valence-corrected chi connectivity index (χ2v) is 9.27. The lowest BCUT2D eigenvalue weighted by molar-refractivity contribution is 0.0339. The van der Waals surface area contributed by atoms with Crippen LogP contribution in [0, 0.1) is 12.7 Å². The number of aryl methyl sites for hydroxylation is 1. The zero-order valence-corrected chi connectivity index (χ0v) is 17.6. The first kappa shape index (κ1) is 20.9. The molecule has 160 valence electrons. The molecule has 9 nitrogen and oxygen atoms in total. The fraction of sp³-hybridized carbons (Fsp3) is 0.421. The summed E-state index contributed by atoms with van der Waals surface area (Å²) in [6.07, 6.45) is 2.43. The average Bonchev–Trinajstić information content (AvgIpc) is 3.10. The summed E-state index contributed by atoms with van der Waals surface area (Å²) in [5.74, 6) is -0.0452. The number of fused-ring (bicyclic) bond motifs is 1. The molecule has 1 fully saturated rings. The Balaban J connectivity index is 1.39. The molecule has 2 N–H and O–H groups in total. The van der Waals surface area contributed by atoms with Gasteiger partial charge < -0.3 is 19.6 Å². The molecular formula is C19H23FN5O4P. The molecule has 0 amide bonds. The summed E-state index contributed by atoms with van der Waals surface area (Å²) in [5, 5.41) is 0. The Hall–Kier alpha value is -2.39. The van der Waals surface area contributed by atoms with E-state index >= 15 is 0 Å². The lowest BCUT2D eigenvalue weighted by Gasteiger charge is -2.30. The van der Waals surface area contributed by atoms with Crippen molar-refractivity contribution in [3.05, 3.63) is 47.8 Å². The summed E-state index contributed by atoms with van der Waals surface area (Å²) >= 11 is 0. The van der Waals surface area contributed by atoms with Gasteiger partial charge in [-0.2, -0.15) is 0 Å². The topological polar surface area (TPSA) is 114 Å². The van der Waals surface area contributed by atoms with E-state index in [1.165, 1.54) is 18.5 Å². The fourth-order valence-electron chi connectivity index (χ4n) is 3.40. The van der Waals surface area contributed by atoms with Crippen LogP contribution in [0.15, 0.2) is 30.9 Å². The number of halogens is 1. The molecular weight excluding hydrogens is 412 g/mol. The van der Waals surface area contributed by atoms with Gasteiger partial charge in [0.2, 0.25) is 0 Å². The molecule has 4 rings (SSSR count). The lowest BCUT2D eigenvalue weighted by Crippen LogP contribution is -2.21. The smallest absolute Gasteiger partial charge is 0.356 e. The van der Waals surface area contributed by atoms with Crippen LogP contribution in [0.3, 0.4) is 0 Å².